The third-order valence-corrected chi connectivity index (χ3v) is 2.25. The van der Waals surface area contributed by atoms with Crippen LogP contribution in [0.25, 0.3) is 0 Å². The van der Waals surface area contributed by atoms with E-state index in [2.05, 4.69) is 26.2 Å². The molecule has 1 atom stereocenters. The predicted octanol–water partition coefficient (Wildman–Crippen LogP) is 0.581. The largest absolute Gasteiger partial charge is 0.389 e. The molecule has 0 aromatic carbocycles. The first kappa shape index (κ1) is 13.1. The monoisotopic (exact) mass is 288 g/mol. The first-order chi connectivity index (χ1) is 7.63. The molecule has 0 aliphatic heterocycles. The number of rotatable bonds is 5. The van der Waals surface area contributed by atoms with Crippen molar-refractivity contribution in [3.8, 4) is 0 Å². The molecule has 1 rings (SSSR count). The molecule has 0 saturated heterocycles. The summed E-state index contributed by atoms with van der Waals surface area (Å²) in [6.45, 7) is 0.326. The number of aliphatic hydroxyl groups excluding tert-OH is 1. The lowest BCUT2D eigenvalue weighted by Gasteiger charge is -2.10. The number of aromatic nitrogens is 1. The summed E-state index contributed by atoms with van der Waals surface area (Å²) in [5.74, 6) is -0.323. The Morgan fingerprint density at radius 3 is 3.06 bits per heavy atom. The van der Waals surface area contributed by atoms with E-state index >= 15 is 0 Å². The number of carbonyl (C=O) groups excluding carboxylic acids is 1. The van der Waals surface area contributed by atoms with E-state index in [1.165, 1.54) is 7.11 Å². The smallest absolute Gasteiger partial charge is 0.270 e. The molecule has 0 fully saturated rings. The molecule has 16 heavy (non-hydrogen) atoms. The first-order valence-electron chi connectivity index (χ1n) is 4.71. The molecule has 88 valence electrons. The summed E-state index contributed by atoms with van der Waals surface area (Å²) >= 11 is 3.17. The molecule has 0 aliphatic carbocycles. The standard InChI is InChI=1S/C10H13BrN2O3/c1-16-6-7(14)5-12-10(15)8-3-2-4-9(11)13-8/h2-4,7,14H,5-6H2,1H3,(H,12,15). The summed E-state index contributed by atoms with van der Waals surface area (Å²) in [7, 11) is 1.49. The molecule has 0 spiro atoms. The van der Waals surface area contributed by atoms with Crippen LogP contribution in [0.3, 0.4) is 0 Å². The van der Waals surface area contributed by atoms with Crippen LogP contribution in [-0.4, -0.2) is 42.4 Å². The van der Waals surface area contributed by atoms with Crippen molar-refractivity contribution in [2.75, 3.05) is 20.3 Å². The highest BCUT2D eigenvalue weighted by Gasteiger charge is 2.09. The van der Waals surface area contributed by atoms with Crippen molar-refractivity contribution in [1.82, 2.24) is 10.3 Å². The SMILES string of the molecule is COCC(O)CNC(=O)c1cccc(Br)n1. The molecule has 1 amide bonds. The Labute approximate surface area is 102 Å². The molecule has 0 radical (unpaired) electrons. The maximum Gasteiger partial charge on any atom is 0.270 e. The lowest BCUT2D eigenvalue weighted by molar-refractivity contribution is 0.0608. The molecule has 2 N–H and O–H groups in total. The molecular formula is C10H13BrN2O3. The zero-order valence-corrected chi connectivity index (χ0v) is 10.4. The van der Waals surface area contributed by atoms with Gasteiger partial charge in [0, 0.05) is 13.7 Å². The van der Waals surface area contributed by atoms with Crippen molar-refractivity contribution < 1.29 is 14.6 Å². The minimum absolute atomic E-state index is 0.140. The van der Waals surface area contributed by atoms with Crippen molar-refractivity contribution in [3.05, 3.63) is 28.5 Å². The Kier molecular flexibility index (Phi) is 5.37. The number of nitrogens with zero attached hydrogens (tertiary/aromatic N) is 1. The summed E-state index contributed by atoms with van der Waals surface area (Å²) in [6, 6.07) is 5.05. The van der Waals surface area contributed by atoms with Crippen LogP contribution in [-0.2, 0) is 4.74 Å². The Balaban J connectivity index is 2.47. The second-order valence-electron chi connectivity index (χ2n) is 3.16. The van der Waals surface area contributed by atoms with Gasteiger partial charge in [-0.1, -0.05) is 6.07 Å². The van der Waals surface area contributed by atoms with Crippen molar-refractivity contribution in [1.29, 1.82) is 0 Å². The van der Waals surface area contributed by atoms with Crippen LogP contribution in [0.15, 0.2) is 22.8 Å². The predicted molar refractivity (Wildman–Crippen MR) is 62.2 cm³/mol. The summed E-state index contributed by atoms with van der Waals surface area (Å²) in [4.78, 5) is 15.5. The number of hydrogen-bond donors (Lipinski definition) is 2. The minimum atomic E-state index is -0.707. The number of methoxy groups -OCH3 is 1. The fraction of sp³-hybridized carbons (Fsp3) is 0.400. The zero-order valence-electron chi connectivity index (χ0n) is 8.81. The highest BCUT2D eigenvalue weighted by atomic mass is 79.9. The number of halogens is 1. The van der Waals surface area contributed by atoms with Gasteiger partial charge in [0.15, 0.2) is 0 Å². The van der Waals surface area contributed by atoms with Crippen LogP contribution in [0, 0.1) is 0 Å². The van der Waals surface area contributed by atoms with E-state index in [0.717, 1.165) is 0 Å². The first-order valence-corrected chi connectivity index (χ1v) is 5.50. The number of amides is 1. The number of aliphatic hydroxyl groups is 1. The second kappa shape index (κ2) is 6.57. The Morgan fingerprint density at radius 2 is 2.44 bits per heavy atom. The third-order valence-electron chi connectivity index (χ3n) is 1.81. The molecule has 1 unspecified atom stereocenters. The van der Waals surface area contributed by atoms with Crippen LogP contribution < -0.4 is 5.32 Å². The Bertz CT molecular complexity index is 360. The van der Waals surface area contributed by atoms with E-state index in [0.29, 0.717) is 10.3 Å². The van der Waals surface area contributed by atoms with Crippen molar-refractivity contribution in [2.45, 2.75) is 6.10 Å². The van der Waals surface area contributed by atoms with E-state index in [-0.39, 0.29) is 19.1 Å². The van der Waals surface area contributed by atoms with Gasteiger partial charge in [-0.2, -0.15) is 0 Å². The number of nitrogens with one attached hydrogen (secondary N) is 1. The summed E-state index contributed by atoms with van der Waals surface area (Å²) in [5.41, 5.74) is 0.305. The van der Waals surface area contributed by atoms with E-state index < -0.39 is 6.10 Å². The highest BCUT2D eigenvalue weighted by Crippen LogP contribution is 2.05. The van der Waals surface area contributed by atoms with Gasteiger partial charge in [0.25, 0.3) is 5.91 Å². The highest BCUT2D eigenvalue weighted by molar-refractivity contribution is 9.10. The molecule has 5 nitrogen and oxygen atoms in total. The van der Waals surface area contributed by atoms with E-state index in [1.807, 2.05) is 0 Å². The zero-order chi connectivity index (χ0) is 12.0. The fourth-order valence-corrected chi connectivity index (χ4v) is 1.43. The van der Waals surface area contributed by atoms with Crippen LogP contribution in [0.1, 0.15) is 10.5 Å². The van der Waals surface area contributed by atoms with Crippen LogP contribution >= 0.6 is 15.9 Å². The van der Waals surface area contributed by atoms with Gasteiger partial charge in [-0.05, 0) is 28.1 Å². The maximum absolute atomic E-state index is 11.6. The summed E-state index contributed by atoms with van der Waals surface area (Å²) < 4.78 is 5.33. The third kappa shape index (κ3) is 4.26. The molecule has 1 heterocycles. The number of pyridine rings is 1. The summed E-state index contributed by atoms with van der Waals surface area (Å²) in [5, 5.41) is 11.9. The Morgan fingerprint density at radius 1 is 1.69 bits per heavy atom. The normalized spacial score (nSPS) is 12.2. The average molecular weight is 289 g/mol. The second-order valence-corrected chi connectivity index (χ2v) is 3.98. The minimum Gasteiger partial charge on any atom is -0.389 e. The van der Waals surface area contributed by atoms with Gasteiger partial charge >= 0.3 is 0 Å². The molecule has 1 aromatic heterocycles. The van der Waals surface area contributed by atoms with Crippen molar-refractivity contribution in [3.63, 3.8) is 0 Å². The topological polar surface area (TPSA) is 71.5 Å². The van der Waals surface area contributed by atoms with E-state index in [9.17, 15) is 9.90 Å². The van der Waals surface area contributed by atoms with Crippen LogP contribution in [0.4, 0.5) is 0 Å². The lowest BCUT2D eigenvalue weighted by Crippen LogP contribution is -2.34. The van der Waals surface area contributed by atoms with Crippen molar-refractivity contribution >= 4 is 21.8 Å². The van der Waals surface area contributed by atoms with Gasteiger partial charge in [0.05, 0.1) is 12.7 Å². The number of carbonyl (C=O) groups is 1. The quantitative estimate of drug-likeness (QED) is 0.778. The van der Waals surface area contributed by atoms with Gasteiger partial charge in [0.1, 0.15) is 10.3 Å². The fourth-order valence-electron chi connectivity index (χ4n) is 1.09. The van der Waals surface area contributed by atoms with Crippen molar-refractivity contribution in [2.24, 2.45) is 0 Å². The molecule has 0 saturated carbocycles. The lowest BCUT2D eigenvalue weighted by atomic mass is 10.3. The molecular weight excluding hydrogens is 276 g/mol. The molecule has 0 aliphatic rings. The Hall–Kier alpha value is -0.980. The van der Waals surface area contributed by atoms with Gasteiger partial charge in [-0.15, -0.1) is 0 Å². The van der Waals surface area contributed by atoms with Gasteiger partial charge in [-0.25, -0.2) is 4.98 Å². The molecule has 6 heteroatoms. The van der Waals surface area contributed by atoms with E-state index in [4.69, 9.17) is 4.74 Å². The number of hydrogen-bond acceptors (Lipinski definition) is 4. The molecule has 1 aromatic rings. The van der Waals surface area contributed by atoms with E-state index in [1.54, 1.807) is 18.2 Å². The maximum atomic E-state index is 11.6. The molecule has 0 bridgehead atoms. The summed E-state index contributed by atoms with van der Waals surface area (Å²) in [6.07, 6.45) is -0.707. The van der Waals surface area contributed by atoms with Gasteiger partial charge in [-0.3, -0.25) is 4.79 Å². The number of ether oxygens (including phenoxy) is 1. The van der Waals surface area contributed by atoms with Crippen LogP contribution in [0.2, 0.25) is 0 Å². The van der Waals surface area contributed by atoms with Crippen LogP contribution in [0.5, 0.6) is 0 Å². The average Bonchev–Trinajstić information content (AvgIpc) is 2.26. The van der Waals surface area contributed by atoms with Gasteiger partial charge < -0.3 is 15.2 Å². The van der Waals surface area contributed by atoms with Gasteiger partial charge in [0.2, 0.25) is 0 Å².